The number of rotatable bonds is 6. The van der Waals surface area contributed by atoms with Gasteiger partial charge in [0, 0.05) is 52.9 Å². The van der Waals surface area contributed by atoms with Crippen LogP contribution in [0.1, 0.15) is 5.82 Å². The second kappa shape index (κ2) is 17.1. The Kier molecular flexibility index (Phi) is 10.5. The van der Waals surface area contributed by atoms with Crippen molar-refractivity contribution < 1.29 is 20.1 Å². The van der Waals surface area contributed by atoms with E-state index >= 15 is 0 Å². The van der Waals surface area contributed by atoms with Gasteiger partial charge in [-0.3, -0.25) is 4.57 Å². The minimum atomic E-state index is 0. The van der Waals surface area contributed by atoms with Gasteiger partial charge in [-0.15, -0.1) is 41.0 Å². The monoisotopic (exact) mass is 1030 g/mol. The summed E-state index contributed by atoms with van der Waals surface area (Å²) in [5.74, 6) is 2.60. The molecule has 7 nitrogen and oxygen atoms in total. The Morgan fingerprint density at radius 1 is 0.364 bits per heavy atom. The van der Waals surface area contributed by atoms with E-state index in [1.165, 1.54) is 43.6 Å². The van der Waals surface area contributed by atoms with Gasteiger partial charge in [0.15, 0.2) is 0 Å². The zero-order valence-electron chi connectivity index (χ0n) is 35.8. The number of fused-ring (bicyclic) bond motifs is 7. The van der Waals surface area contributed by atoms with E-state index in [2.05, 4.69) is 200 Å². The molecular formula is C58H40IrN7-. The third-order valence-corrected chi connectivity index (χ3v) is 12.2. The molecule has 4 aromatic heterocycles. The van der Waals surface area contributed by atoms with Crippen LogP contribution in [0.4, 0.5) is 0 Å². The third kappa shape index (κ3) is 6.91. The Labute approximate surface area is 394 Å². The molecule has 13 aromatic rings. The van der Waals surface area contributed by atoms with Crippen molar-refractivity contribution in [1.29, 1.82) is 0 Å². The summed E-state index contributed by atoms with van der Waals surface area (Å²) in [5, 5.41) is 13.4. The molecule has 0 saturated heterocycles. The van der Waals surface area contributed by atoms with E-state index in [9.17, 15) is 0 Å². The van der Waals surface area contributed by atoms with Crippen LogP contribution in [-0.2, 0) is 20.1 Å². The molecule has 0 aliphatic rings. The average molecular weight is 1030 g/mol. The van der Waals surface area contributed by atoms with E-state index in [0.29, 0.717) is 0 Å². The minimum absolute atomic E-state index is 0. The van der Waals surface area contributed by atoms with E-state index in [0.717, 1.165) is 62.4 Å². The van der Waals surface area contributed by atoms with Crippen molar-refractivity contribution >= 4 is 54.6 Å². The molecule has 4 heterocycles. The normalized spacial score (nSPS) is 11.3. The van der Waals surface area contributed by atoms with Gasteiger partial charge in [0.25, 0.3) is 0 Å². The molecule has 317 valence electrons. The molecule has 9 aromatic carbocycles. The van der Waals surface area contributed by atoms with E-state index in [4.69, 9.17) is 4.98 Å². The predicted octanol–water partition coefficient (Wildman–Crippen LogP) is 13.9. The van der Waals surface area contributed by atoms with Crippen molar-refractivity contribution in [1.82, 2.24) is 33.4 Å². The Hall–Kier alpha value is -8.16. The van der Waals surface area contributed by atoms with Gasteiger partial charge >= 0.3 is 0 Å². The van der Waals surface area contributed by atoms with Crippen LogP contribution in [0.5, 0.6) is 0 Å². The standard InChI is InChI=1S/C43H28N4.C15H12N3.Ir/c1-2-14-29(15-3-1)43-44-37-20-8-13-25-42(37)47(43)32-27-30(45-38-21-9-4-16-33(38)34-17-5-10-22-39(34)45)26-31(28-32)46-40-23-11-6-18-35(40)36-19-7-12-24-41(36)46;1-12-16-17-15(13-8-4-2-5-9-13)18(12)14-10-6-3-7-11-14;/h1-28H;2-8,10-11H,1H3;/q;-1;. The molecule has 0 aliphatic carbocycles. The van der Waals surface area contributed by atoms with E-state index in [1.54, 1.807) is 0 Å². The van der Waals surface area contributed by atoms with Gasteiger partial charge < -0.3 is 13.7 Å². The molecule has 0 fully saturated rings. The predicted molar refractivity (Wildman–Crippen MR) is 266 cm³/mol. The number of imidazole rings is 1. The van der Waals surface area contributed by atoms with Gasteiger partial charge in [-0.1, -0.05) is 133 Å². The van der Waals surface area contributed by atoms with Crippen LogP contribution in [0.25, 0.3) is 100 Å². The fourth-order valence-corrected chi connectivity index (χ4v) is 9.39. The fourth-order valence-electron chi connectivity index (χ4n) is 9.39. The molecular weight excluding hydrogens is 987 g/mol. The Bertz CT molecular complexity index is 3610. The van der Waals surface area contributed by atoms with Crippen molar-refractivity contribution in [3.63, 3.8) is 0 Å². The zero-order valence-corrected chi connectivity index (χ0v) is 38.2. The van der Waals surface area contributed by atoms with E-state index in [-0.39, 0.29) is 20.1 Å². The van der Waals surface area contributed by atoms with Crippen LogP contribution in [0.2, 0.25) is 0 Å². The molecule has 0 amide bonds. The topological polar surface area (TPSA) is 58.4 Å². The molecule has 8 heteroatoms. The summed E-state index contributed by atoms with van der Waals surface area (Å²) in [6.45, 7) is 1.95. The van der Waals surface area contributed by atoms with Crippen LogP contribution >= 0.6 is 0 Å². The maximum atomic E-state index is 5.19. The van der Waals surface area contributed by atoms with Crippen molar-refractivity contribution in [3.8, 4) is 45.5 Å². The number of benzene rings is 9. The summed E-state index contributed by atoms with van der Waals surface area (Å²) in [7, 11) is 0. The largest absolute Gasteiger partial charge is 0.320 e. The molecule has 1 radical (unpaired) electrons. The number of hydrogen-bond donors (Lipinski definition) is 0. The summed E-state index contributed by atoms with van der Waals surface area (Å²) in [5.41, 5.74) is 13.1. The zero-order chi connectivity index (χ0) is 43.3. The molecule has 0 N–H and O–H groups in total. The van der Waals surface area contributed by atoms with Gasteiger partial charge in [-0.05, 0) is 73.7 Å². The Balaban J connectivity index is 0.000000213. The van der Waals surface area contributed by atoms with Gasteiger partial charge in [0.1, 0.15) is 11.6 Å². The van der Waals surface area contributed by atoms with Crippen molar-refractivity contribution in [3.05, 3.63) is 236 Å². The Morgan fingerprint density at radius 3 is 1.32 bits per heavy atom. The second-order valence-electron chi connectivity index (χ2n) is 16.1. The summed E-state index contributed by atoms with van der Waals surface area (Å²) in [6, 6.07) is 81.8. The maximum Gasteiger partial charge on any atom is 0.145 e. The molecule has 0 spiro atoms. The molecule has 0 atom stereocenters. The van der Waals surface area contributed by atoms with Crippen molar-refractivity contribution in [2.45, 2.75) is 6.92 Å². The van der Waals surface area contributed by atoms with E-state index < -0.39 is 0 Å². The number of para-hydroxylation sites is 7. The van der Waals surface area contributed by atoms with Crippen LogP contribution in [0, 0.1) is 13.0 Å². The smallest absolute Gasteiger partial charge is 0.145 e. The molecule has 66 heavy (non-hydrogen) atoms. The quantitative estimate of drug-likeness (QED) is 0.156. The van der Waals surface area contributed by atoms with Gasteiger partial charge in [0.05, 0.1) is 56.0 Å². The fraction of sp³-hybridized carbons (Fsp3) is 0.0172. The molecule has 0 bridgehead atoms. The number of hydrogen-bond acceptors (Lipinski definition) is 3. The number of aryl methyl sites for hydroxylation is 1. The SMILES string of the molecule is Cc1nnc(-c2[c-]cccc2)n1-c1ccccc1.[Ir].c1ccc(-c2nc3ccccc3n2-c2cc(-n3c4ccccc4c4ccccc43)cc(-n3c4ccccc4c4ccccc43)c2)cc1. The third-order valence-electron chi connectivity index (χ3n) is 12.2. The number of aromatic nitrogens is 7. The maximum absolute atomic E-state index is 5.19. The molecule has 13 rings (SSSR count). The van der Waals surface area contributed by atoms with Crippen molar-refractivity contribution in [2.75, 3.05) is 0 Å². The average Bonchev–Trinajstić information content (AvgIpc) is 4.14. The summed E-state index contributed by atoms with van der Waals surface area (Å²) in [6.07, 6.45) is 0. The first-order valence-electron chi connectivity index (χ1n) is 21.8. The van der Waals surface area contributed by atoms with Crippen molar-refractivity contribution in [2.24, 2.45) is 0 Å². The van der Waals surface area contributed by atoms with Gasteiger partial charge in [-0.25, -0.2) is 4.98 Å². The number of nitrogens with zero attached hydrogens (tertiary/aromatic N) is 7. The van der Waals surface area contributed by atoms with Crippen LogP contribution in [0.3, 0.4) is 0 Å². The summed E-state index contributed by atoms with van der Waals surface area (Å²) < 4.78 is 9.17. The minimum Gasteiger partial charge on any atom is -0.320 e. The summed E-state index contributed by atoms with van der Waals surface area (Å²) in [4.78, 5) is 5.19. The van der Waals surface area contributed by atoms with Crippen LogP contribution in [0.15, 0.2) is 224 Å². The van der Waals surface area contributed by atoms with Crippen LogP contribution < -0.4 is 0 Å². The van der Waals surface area contributed by atoms with Crippen LogP contribution in [-0.4, -0.2) is 33.4 Å². The van der Waals surface area contributed by atoms with Gasteiger partial charge in [-0.2, -0.15) is 5.10 Å². The molecule has 0 aliphatic heterocycles. The van der Waals surface area contributed by atoms with Gasteiger partial charge in [0.2, 0.25) is 0 Å². The molecule has 0 unspecified atom stereocenters. The van der Waals surface area contributed by atoms with E-state index in [1.807, 2.05) is 66.1 Å². The Morgan fingerprint density at radius 2 is 0.803 bits per heavy atom. The summed E-state index contributed by atoms with van der Waals surface area (Å²) >= 11 is 0. The first kappa shape index (κ1) is 40.6. The second-order valence-corrected chi connectivity index (χ2v) is 16.1. The first-order valence-corrected chi connectivity index (χ1v) is 21.8. The first-order chi connectivity index (χ1) is 32.2. The molecule has 0 saturated carbocycles.